The number of halogens is 2. The maximum Gasteiger partial charge on any atom is 0.348 e. The van der Waals surface area contributed by atoms with E-state index in [4.69, 9.17) is 27.9 Å². The van der Waals surface area contributed by atoms with Crippen LogP contribution in [-0.2, 0) is 4.74 Å². The van der Waals surface area contributed by atoms with Gasteiger partial charge in [-0.3, -0.25) is 0 Å². The van der Waals surface area contributed by atoms with Crippen LogP contribution in [0.3, 0.4) is 0 Å². The highest BCUT2D eigenvalue weighted by atomic mass is 35.5. The summed E-state index contributed by atoms with van der Waals surface area (Å²) in [6, 6.07) is 1.53. The molecule has 0 saturated carbocycles. The lowest BCUT2D eigenvalue weighted by atomic mass is 10.4. The van der Waals surface area contributed by atoms with Crippen molar-refractivity contribution in [1.82, 2.24) is 0 Å². The van der Waals surface area contributed by atoms with Crippen LogP contribution in [0, 0.1) is 0 Å². The number of carbonyl (C=O) groups excluding carboxylic acids is 1. The van der Waals surface area contributed by atoms with Crippen LogP contribution in [0.1, 0.15) is 29.4 Å². The average Bonchev–Trinajstić information content (AvgIpc) is 2.47. The molecule has 0 aliphatic carbocycles. The van der Waals surface area contributed by atoms with E-state index in [-0.39, 0.29) is 5.97 Å². The Hall–Kier alpha value is -0.250. The molecule has 0 N–H and O–H groups in total. The topological polar surface area (TPSA) is 26.3 Å². The summed E-state index contributed by atoms with van der Waals surface area (Å²) >= 11 is 12.6. The van der Waals surface area contributed by atoms with Gasteiger partial charge >= 0.3 is 5.97 Å². The first-order valence-corrected chi connectivity index (χ1v) is 5.84. The quantitative estimate of drug-likeness (QED) is 0.598. The van der Waals surface area contributed by atoms with E-state index in [1.165, 1.54) is 6.07 Å². The molecule has 0 spiro atoms. The van der Waals surface area contributed by atoms with Crippen molar-refractivity contribution < 1.29 is 9.53 Å². The van der Waals surface area contributed by atoms with Gasteiger partial charge in [0, 0.05) is 0 Å². The second kappa shape index (κ2) is 5.59. The summed E-state index contributed by atoms with van der Waals surface area (Å²) in [5.74, 6) is -0.350. The zero-order valence-electron chi connectivity index (χ0n) is 7.68. The molecule has 0 saturated heterocycles. The van der Waals surface area contributed by atoms with Crippen molar-refractivity contribution in [2.45, 2.75) is 19.8 Å². The van der Waals surface area contributed by atoms with Gasteiger partial charge in [-0.05, 0) is 12.5 Å². The van der Waals surface area contributed by atoms with Crippen molar-refractivity contribution in [3.05, 3.63) is 20.3 Å². The maximum absolute atomic E-state index is 11.4. The van der Waals surface area contributed by atoms with Gasteiger partial charge in [-0.1, -0.05) is 36.5 Å². The Bertz CT molecular complexity index is 303. The van der Waals surface area contributed by atoms with E-state index >= 15 is 0 Å². The minimum atomic E-state index is -0.350. The number of unbranched alkanes of at least 4 members (excludes halogenated alkanes) is 1. The largest absolute Gasteiger partial charge is 0.462 e. The zero-order chi connectivity index (χ0) is 10.6. The Kier molecular flexibility index (Phi) is 4.72. The lowest BCUT2D eigenvalue weighted by Gasteiger charge is -2.00. The van der Waals surface area contributed by atoms with Gasteiger partial charge in [0.25, 0.3) is 0 Å². The Morgan fingerprint density at radius 2 is 2.29 bits per heavy atom. The van der Waals surface area contributed by atoms with E-state index in [1.807, 2.05) is 6.92 Å². The minimum Gasteiger partial charge on any atom is -0.462 e. The van der Waals surface area contributed by atoms with Gasteiger partial charge in [-0.15, -0.1) is 11.3 Å². The summed E-state index contributed by atoms with van der Waals surface area (Å²) in [5, 5.41) is 0.402. The smallest absolute Gasteiger partial charge is 0.348 e. The van der Waals surface area contributed by atoms with Gasteiger partial charge in [-0.2, -0.15) is 0 Å². The molecule has 0 radical (unpaired) electrons. The van der Waals surface area contributed by atoms with Crippen LogP contribution in [0.5, 0.6) is 0 Å². The Morgan fingerprint density at radius 1 is 1.57 bits per heavy atom. The monoisotopic (exact) mass is 252 g/mol. The van der Waals surface area contributed by atoms with Crippen molar-refractivity contribution in [2.75, 3.05) is 6.61 Å². The molecule has 78 valence electrons. The molecule has 0 atom stereocenters. The number of thiophene rings is 1. The van der Waals surface area contributed by atoms with Crippen LogP contribution in [-0.4, -0.2) is 12.6 Å². The highest BCUT2D eigenvalue weighted by Gasteiger charge is 2.13. The molecular formula is C9H10Cl2O2S. The summed E-state index contributed by atoms with van der Waals surface area (Å²) < 4.78 is 5.42. The van der Waals surface area contributed by atoms with Gasteiger partial charge < -0.3 is 4.74 Å². The first kappa shape index (κ1) is 11.8. The van der Waals surface area contributed by atoms with Gasteiger partial charge in [-0.25, -0.2) is 4.79 Å². The molecule has 0 unspecified atom stereocenters. The SMILES string of the molecule is CCCCOC(=O)c1cc(Cl)c(Cl)s1. The molecule has 1 aromatic rings. The number of rotatable bonds is 4. The fourth-order valence-corrected chi connectivity index (χ4v) is 2.09. The highest BCUT2D eigenvalue weighted by Crippen LogP contribution is 2.31. The Labute approximate surface area is 96.8 Å². The molecule has 0 aromatic carbocycles. The standard InChI is InChI=1S/C9H10Cl2O2S/c1-2-3-4-13-9(12)7-5-6(10)8(11)14-7/h5H,2-4H2,1H3. The van der Waals surface area contributed by atoms with E-state index < -0.39 is 0 Å². The van der Waals surface area contributed by atoms with Crippen LogP contribution in [0.15, 0.2) is 6.07 Å². The molecule has 2 nitrogen and oxygen atoms in total. The number of esters is 1. The van der Waals surface area contributed by atoms with Crippen LogP contribution >= 0.6 is 34.5 Å². The Morgan fingerprint density at radius 3 is 2.79 bits per heavy atom. The molecule has 5 heteroatoms. The van der Waals surface area contributed by atoms with Crippen molar-refractivity contribution in [1.29, 1.82) is 0 Å². The third-order valence-corrected chi connectivity index (χ3v) is 3.42. The predicted molar refractivity (Wildman–Crippen MR) is 59.5 cm³/mol. The van der Waals surface area contributed by atoms with Gasteiger partial charge in [0.1, 0.15) is 9.21 Å². The summed E-state index contributed by atoms with van der Waals surface area (Å²) in [4.78, 5) is 11.8. The second-order valence-corrected chi connectivity index (χ2v) is 4.78. The van der Waals surface area contributed by atoms with Crippen molar-refractivity contribution in [3.8, 4) is 0 Å². The molecule has 0 fully saturated rings. The minimum absolute atomic E-state index is 0.350. The molecule has 1 aromatic heterocycles. The van der Waals surface area contributed by atoms with E-state index in [1.54, 1.807) is 0 Å². The van der Waals surface area contributed by atoms with Crippen molar-refractivity contribution in [3.63, 3.8) is 0 Å². The normalized spacial score (nSPS) is 10.2. The molecule has 0 bridgehead atoms. The lowest BCUT2D eigenvalue weighted by molar-refractivity contribution is 0.0505. The van der Waals surface area contributed by atoms with E-state index in [0.717, 1.165) is 24.2 Å². The van der Waals surface area contributed by atoms with Crippen molar-refractivity contribution >= 4 is 40.5 Å². The van der Waals surface area contributed by atoms with Crippen LogP contribution in [0.25, 0.3) is 0 Å². The third-order valence-electron chi connectivity index (χ3n) is 1.58. The zero-order valence-corrected chi connectivity index (χ0v) is 10.0. The summed E-state index contributed by atoms with van der Waals surface area (Å²) in [7, 11) is 0. The summed E-state index contributed by atoms with van der Waals surface area (Å²) in [5.41, 5.74) is 0. The van der Waals surface area contributed by atoms with Crippen LogP contribution in [0.4, 0.5) is 0 Å². The number of hydrogen-bond acceptors (Lipinski definition) is 3. The average molecular weight is 253 g/mol. The summed E-state index contributed by atoms with van der Waals surface area (Å²) in [6.07, 6.45) is 1.87. The fourth-order valence-electron chi connectivity index (χ4n) is 0.828. The fraction of sp³-hybridized carbons (Fsp3) is 0.444. The molecule has 0 aliphatic heterocycles. The number of carbonyl (C=O) groups is 1. The Balaban J connectivity index is 2.52. The summed E-state index contributed by atoms with van der Waals surface area (Å²) in [6.45, 7) is 2.48. The maximum atomic E-state index is 11.4. The van der Waals surface area contributed by atoms with Crippen LogP contribution < -0.4 is 0 Å². The lowest BCUT2D eigenvalue weighted by Crippen LogP contribution is -2.03. The second-order valence-electron chi connectivity index (χ2n) is 2.72. The van der Waals surface area contributed by atoms with Gasteiger partial charge in [0.05, 0.1) is 11.6 Å². The van der Waals surface area contributed by atoms with Crippen molar-refractivity contribution in [2.24, 2.45) is 0 Å². The molecule has 1 rings (SSSR count). The highest BCUT2D eigenvalue weighted by molar-refractivity contribution is 7.18. The number of hydrogen-bond donors (Lipinski definition) is 0. The third kappa shape index (κ3) is 3.15. The molecule has 1 heterocycles. The molecule has 0 aliphatic rings. The van der Waals surface area contributed by atoms with Gasteiger partial charge in [0.2, 0.25) is 0 Å². The van der Waals surface area contributed by atoms with Crippen LogP contribution in [0.2, 0.25) is 9.36 Å². The van der Waals surface area contributed by atoms with Gasteiger partial charge in [0.15, 0.2) is 0 Å². The predicted octanol–water partition coefficient (Wildman–Crippen LogP) is 4.01. The van der Waals surface area contributed by atoms with E-state index in [9.17, 15) is 4.79 Å². The van der Waals surface area contributed by atoms with E-state index in [0.29, 0.717) is 20.8 Å². The van der Waals surface area contributed by atoms with E-state index in [2.05, 4.69) is 0 Å². The molecule has 14 heavy (non-hydrogen) atoms. The molecular weight excluding hydrogens is 243 g/mol. The first-order valence-electron chi connectivity index (χ1n) is 4.27. The first-order chi connectivity index (χ1) is 6.65. The number of ether oxygens (including phenoxy) is 1. The molecule has 0 amide bonds.